The molecule has 1 atom stereocenters. The van der Waals surface area contributed by atoms with Gasteiger partial charge in [-0.2, -0.15) is 0 Å². The summed E-state index contributed by atoms with van der Waals surface area (Å²) in [4.78, 5) is 11.3. The second-order valence-corrected chi connectivity index (χ2v) is 6.41. The summed E-state index contributed by atoms with van der Waals surface area (Å²) in [6.07, 6.45) is 4.46. The Bertz CT molecular complexity index is 384. The smallest absolute Gasteiger partial charge is 0.469 e. The highest BCUT2D eigenvalue weighted by atomic mass is 16.7. The molecule has 5 heteroatoms. The van der Waals surface area contributed by atoms with Crippen LogP contribution in [0.4, 0.5) is 0 Å². The molecule has 1 unspecified atom stereocenters. The maximum absolute atomic E-state index is 11.3. The molecule has 1 aliphatic heterocycles. The molecule has 1 aliphatic carbocycles. The van der Waals surface area contributed by atoms with Gasteiger partial charge in [-0.15, -0.1) is 0 Å². The number of allylic oxidation sites excluding steroid dienone is 2. The Labute approximate surface area is 115 Å². The molecule has 0 aromatic heterocycles. The molecular weight excluding hydrogens is 243 g/mol. The Morgan fingerprint density at radius 2 is 1.95 bits per heavy atom. The van der Waals surface area contributed by atoms with Gasteiger partial charge >= 0.3 is 13.1 Å². The van der Waals surface area contributed by atoms with E-state index in [1.165, 1.54) is 7.11 Å². The van der Waals surface area contributed by atoms with Crippen LogP contribution in [0.25, 0.3) is 0 Å². The molecule has 2 aliphatic rings. The van der Waals surface area contributed by atoms with Gasteiger partial charge in [0.2, 0.25) is 0 Å². The number of esters is 1. The standard InChI is InChI=1S/C14H23BO4/c1-13(2)14(3,4)19-15(18-13)11-7-6-10(8-11)9-12(16)17-5/h8,10H,6-7,9H2,1-5H3. The van der Waals surface area contributed by atoms with E-state index in [1.807, 2.05) is 0 Å². The Morgan fingerprint density at radius 3 is 2.47 bits per heavy atom. The number of hydrogen-bond donors (Lipinski definition) is 0. The van der Waals surface area contributed by atoms with Gasteiger partial charge in [-0.1, -0.05) is 6.08 Å². The van der Waals surface area contributed by atoms with E-state index in [0.29, 0.717) is 6.42 Å². The number of ether oxygens (including phenoxy) is 1. The van der Waals surface area contributed by atoms with Crippen molar-refractivity contribution in [3.05, 3.63) is 11.5 Å². The largest absolute Gasteiger partial charge is 0.490 e. The molecule has 4 nitrogen and oxygen atoms in total. The van der Waals surface area contributed by atoms with E-state index >= 15 is 0 Å². The van der Waals surface area contributed by atoms with Crippen LogP contribution in [-0.4, -0.2) is 31.4 Å². The summed E-state index contributed by atoms with van der Waals surface area (Å²) in [7, 11) is 1.16. The van der Waals surface area contributed by atoms with Gasteiger partial charge in [0.1, 0.15) is 0 Å². The minimum Gasteiger partial charge on any atom is -0.469 e. The van der Waals surface area contributed by atoms with Crippen molar-refractivity contribution in [2.24, 2.45) is 5.92 Å². The van der Waals surface area contributed by atoms with Crippen molar-refractivity contribution in [3.8, 4) is 0 Å². The third kappa shape index (κ3) is 2.87. The summed E-state index contributed by atoms with van der Waals surface area (Å²) in [6, 6.07) is 0. The zero-order chi connectivity index (χ0) is 14.3. The van der Waals surface area contributed by atoms with Gasteiger partial charge in [0.05, 0.1) is 24.7 Å². The lowest BCUT2D eigenvalue weighted by Crippen LogP contribution is -2.41. The van der Waals surface area contributed by atoms with Gasteiger partial charge < -0.3 is 14.0 Å². The van der Waals surface area contributed by atoms with Crippen molar-refractivity contribution in [1.82, 2.24) is 0 Å². The number of carbonyl (C=O) groups is 1. The van der Waals surface area contributed by atoms with Crippen molar-refractivity contribution in [2.45, 2.75) is 58.2 Å². The zero-order valence-corrected chi connectivity index (χ0v) is 12.5. The van der Waals surface area contributed by atoms with Gasteiger partial charge in [-0.25, -0.2) is 0 Å². The molecule has 1 saturated heterocycles. The van der Waals surface area contributed by atoms with Crippen molar-refractivity contribution in [1.29, 1.82) is 0 Å². The minimum absolute atomic E-state index is 0.156. The van der Waals surface area contributed by atoms with Crippen LogP contribution in [0.3, 0.4) is 0 Å². The quantitative estimate of drug-likeness (QED) is 0.581. The number of rotatable bonds is 3. The lowest BCUT2D eigenvalue weighted by Gasteiger charge is -2.32. The Morgan fingerprint density at radius 1 is 1.37 bits per heavy atom. The van der Waals surface area contributed by atoms with E-state index in [-0.39, 0.29) is 30.2 Å². The van der Waals surface area contributed by atoms with E-state index in [4.69, 9.17) is 14.0 Å². The fraction of sp³-hybridized carbons (Fsp3) is 0.786. The van der Waals surface area contributed by atoms with Gasteiger partial charge in [-0.05, 0) is 51.9 Å². The van der Waals surface area contributed by atoms with Gasteiger partial charge in [-0.3, -0.25) is 4.79 Å². The van der Waals surface area contributed by atoms with E-state index in [0.717, 1.165) is 18.3 Å². The maximum Gasteiger partial charge on any atom is 0.490 e. The highest BCUT2D eigenvalue weighted by Gasteiger charge is 2.52. The first-order chi connectivity index (χ1) is 8.75. The normalized spacial score (nSPS) is 28.4. The van der Waals surface area contributed by atoms with Crippen LogP contribution in [0, 0.1) is 5.92 Å². The Balaban J connectivity index is 2.01. The van der Waals surface area contributed by atoms with Crippen LogP contribution in [0.1, 0.15) is 47.0 Å². The molecule has 1 fully saturated rings. The summed E-state index contributed by atoms with van der Waals surface area (Å²) in [5.74, 6) is 0.0953. The second-order valence-electron chi connectivity index (χ2n) is 6.41. The van der Waals surface area contributed by atoms with Crippen molar-refractivity contribution >= 4 is 13.1 Å². The van der Waals surface area contributed by atoms with E-state index < -0.39 is 0 Å². The molecule has 2 rings (SSSR count). The molecule has 1 heterocycles. The average Bonchev–Trinajstić information content (AvgIpc) is 2.82. The highest BCUT2D eigenvalue weighted by molar-refractivity contribution is 6.54. The van der Waals surface area contributed by atoms with E-state index in [9.17, 15) is 4.79 Å². The van der Waals surface area contributed by atoms with Crippen LogP contribution >= 0.6 is 0 Å². The van der Waals surface area contributed by atoms with E-state index in [2.05, 4.69) is 33.8 Å². The van der Waals surface area contributed by atoms with Crippen LogP contribution in [0.2, 0.25) is 0 Å². The summed E-state index contributed by atoms with van der Waals surface area (Å²) < 4.78 is 16.8. The van der Waals surface area contributed by atoms with Crippen LogP contribution < -0.4 is 0 Å². The van der Waals surface area contributed by atoms with Crippen molar-refractivity contribution in [3.63, 3.8) is 0 Å². The molecular formula is C14H23BO4. The third-order valence-electron chi connectivity index (χ3n) is 4.47. The van der Waals surface area contributed by atoms with Gasteiger partial charge in [0.25, 0.3) is 0 Å². The fourth-order valence-corrected chi connectivity index (χ4v) is 2.47. The molecule has 0 bridgehead atoms. The third-order valence-corrected chi connectivity index (χ3v) is 4.47. The summed E-state index contributed by atoms with van der Waals surface area (Å²) >= 11 is 0. The first-order valence-corrected chi connectivity index (χ1v) is 6.88. The first-order valence-electron chi connectivity index (χ1n) is 6.88. The topological polar surface area (TPSA) is 44.8 Å². The number of methoxy groups -OCH3 is 1. The summed E-state index contributed by atoms with van der Waals surface area (Å²) in [5, 5.41) is 0. The second kappa shape index (κ2) is 4.95. The SMILES string of the molecule is COC(=O)CC1C=C(B2OC(C)(C)C(C)(C)O2)CC1. The van der Waals surface area contributed by atoms with Crippen LogP contribution in [-0.2, 0) is 18.8 Å². The average molecular weight is 266 g/mol. The highest BCUT2D eigenvalue weighted by Crippen LogP contribution is 2.41. The molecule has 19 heavy (non-hydrogen) atoms. The van der Waals surface area contributed by atoms with Crippen LogP contribution in [0.5, 0.6) is 0 Å². The summed E-state index contributed by atoms with van der Waals surface area (Å²) in [6.45, 7) is 8.20. The molecule has 0 aromatic rings. The molecule has 0 N–H and O–H groups in total. The predicted molar refractivity (Wildman–Crippen MR) is 73.5 cm³/mol. The number of hydrogen-bond acceptors (Lipinski definition) is 4. The molecule has 0 saturated carbocycles. The maximum atomic E-state index is 11.3. The van der Waals surface area contributed by atoms with Gasteiger partial charge in [0, 0.05) is 0 Å². The molecule has 0 amide bonds. The lowest BCUT2D eigenvalue weighted by molar-refractivity contribution is -0.141. The first kappa shape index (κ1) is 14.6. The number of carbonyl (C=O) groups excluding carboxylic acids is 1. The van der Waals surface area contributed by atoms with Gasteiger partial charge in [0.15, 0.2) is 0 Å². The fourth-order valence-electron chi connectivity index (χ4n) is 2.47. The predicted octanol–water partition coefficient (Wildman–Crippen LogP) is 2.52. The van der Waals surface area contributed by atoms with Crippen LogP contribution in [0.15, 0.2) is 11.5 Å². The Hall–Kier alpha value is -0.805. The molecule has 0 radical (unpaired) electrons. The molecule has 0 spiro atoms. The molecule has 0 aromatic carbocycles. The monoisotopic (exact) mass is 266 g/mol. The summed E-state index contributed by atoms with van der Waals surface area (Å²) in [5.41, 5.74) is 0.547. The van der Waals surface area contributed by atoms with E-state index in [1.54, 1.807) is 0 Å². The molecule has 106 valence electrons. The lowest BCUT2D eigenvalue weighted by atomic mass is 9.78. The minimum atomic E-state index is -0.307. The Kier molecular flexibility index (Phi) is 3.80. The van der Waals surface area contributed by atoms with Crippen molar-refractivity contribution in [2.75, 3.05) is 7.11 Å². The van der Waals surface area contributed by atoms with Crippen molar-refractivity contribution < 1.29 is 18.8 Å². The zero-order valence-electron chi connectivity index (χ0n) is 12.5.